The lowest BCUT2D eigenvalue weighted by atomic mass is 10.2. The van der Waals surface area contributed by atoms with Gasteiger partial charge in [0.1, 0.15) is 29.5 Å². The van der Waals surface area contributed by atoms with Gasteiger partial charge in [0.25, 0.3) is 0 Å². The van der Waals surface area contributed by atoms with E-state index in [-0.39, 0.29) is 30.8 Å². The minimum Gasteiger partial charge on any atom is -0.491 e. The second kappa shape index (κ2) is 9.60. The van der Waals surface area contributed by atoms with E-state index in [1.807, 2.05) is 6.92 Å². The molecule has 13 heteroatoms. The van der Waals surface area contributed by atoms with Gasteiger partial charge in [-0.3, -0.25) is 9.29 Å². The Kier molecular flexibility index (Phi) is 6.77. The fraction of sp³-hybridized carbons (Fsp3) is 0.429. The number of anilines is 1. The third kappa shape index (κ3) is 4.58. The SMILES string of the molecule is COC[C@H]1COc2ccc(F)cc2-c2nnc(NS(=O)(=O)[C@@H](C)[C@H](OC)c3ncc(C)cn3)n21. The van der Waals surface area contributed by atoms with E-state index >= 15 is 0 Å². The summed E-state index contributed by atoms with van der Waals surface area (Å²) in [7, 11) is -1.15. The zero-order valence-corrected chi connectivity index (χ0v) is 19.9. The number of hydrogen-bond acceptors (Lipinski definition) is 9. The summed E-state index contributed by atoms with van der Waals surface area (Å²) in [6.45, 7) is 3.64. The van der Waals surface area contributed by atoms with Crippen molar-refractivity contribution in [3.05, 3.63) is 47.8 Å². The van der Waals surface area contributed by atoms with Crippen molar-refractivity contribution < 1.29 is 27.0 Å². The van der Waals surface area contributed by atoms with Crippen molar-refractivity contribution in [2.45, 2.75) is 31.2 Å². The predicted molar refractivity (Wildman–Crippen MR) is 120 cm³/mol. The molecule has 3 atom stereocenters. The molecule has 182 valence electrons. The zero-order valence-electron chi connectivity index (χ0n) is 19.1. The lowest BCUT2D eigenvalue weighted by Crippen LogP contribution is -2.34. The Morgan fingerprint density at radius 3 is 2.68 bits per heavy atom. The Morgan fingerprint density at radius 1 is 1.26 bits per heavy atom. The number of ether oxygens (including phenoxy) is 3. The standard InChI is InChI=1S/C21H25FN6O5S/c1-12-8-23-19(24-9-12)18(32-4)13(2)34(29,30)27-21-26-25-20-16-7-14(22)5-6-17(16)33-11-15(10-31-3)28(20)21/h5-9,13,15,18H,10-11H2,1-4H3,(H,26,27)/t13-,15-,18-/m0/s1. The van der Waals surface area contributed by atoms with Gasteiger partial charge in [-0.25, -0.2) is 22.8 Å². The number of aromatic nitrogens is 5. The van der Waals surface area contributed by atoms with Crippen LogP contribution in [0.4, 0.5) is 10.3 Å². The molecule has 1 aliphatic rings. The monoisotopic (exact) mass is 492 g/mol. The highest BCUT2D eigenvalue weighted by Crippen LogP contribution is 2.37. The summed E-state index contributed by atoms with van der Waals surface area (Å²) < 4.78 is 61.2. The smallest absolute Gasteiger partial charge is 0.240 e. The van der Waals surface area contributed by atoms with Gasteiger partial charge in [-0.05, 0) is 37.6 Å². The summed E-state index contributed by atoms with van der Waals surface area (Å²) in [4.78, 5) is 8.41. The van der Waals surface area contributed by atoms with Crippen LogP contribution in [-0.2, 0) is 19.5 Å². The first-order valence-corrected chi connectivity index (χ1v) is 12.0. The second-order valence-electron chi connectivity index (χ2n) is 7.90. The molecule has 0 fully saturated rings. The highest BCUT2D eigenvalue weighted by atomic mass is 32.2. The van der Waals surface area contributed by atoms with E-state index in [0.717, 1.165) is 5.56 Å². The van der Waals surface area contributed by atoms with Gasteiger partial charge in [-0.2, -0.15) is 0 Å². The van der Waals surface area contributed by atoms with Crippen LogP contribution in [-0.4, -0.2) is 65.8 Å². The maximum atomic E-state index is 14.0. The average molecular weight is 493 g/mol. The number of benzene rings is 1. The fourth-order valence-corrected chi connectivity index (χ4v) is 4.85. The highest BCUT2D eigenvalue weighted by molar-refractivity contribution is 7.93. The van der Waals surface area contributed by atoms with Gasteiger partial charge in [0.05, 0.1) is 18.2 Å². The number of sulfonamides is 1. The maximum Gasteiger partial charge on any atom is 0.240 e. The molecule has 4 rings (SSSR count). The van der Waals surface area contributed by atoms with Crippen LogP contribution in [0, 0.1) is 12.7 Å². The van der Waals surface area contributed by atoms with Gasteiger partial charge in [0, 0.05) is 26.6 Å². The first-order chi connectivity index (χ1) is 16.2. The quantitative estimate of drug-likeness (QED) is 0.503. The Balaban J connectivity index is 1.71. The summed E-state index contributed by atoms with van der Waals surface area (Å²) in [6.07, 6.45) is 2.24. The van der Waals surface area contributed by atoms with Crippen LogP contribution < -0.4 is 9.46 Å². The van der Waals surface area contributed by atoms with E-state index in [1.54, 1.807) is 17.0 Å². The predicted octanol–water partition coefficient (Wildman–Crippen LogP) is 2.28. The molecule has 2 aromatic heterocycles. The number of rotatable bonds is 8. The van der Waals surface area contributed by atoms with Gasteiger partial charge in [0.2, 0.25) is 16.0 Å². The Bertz CT molecular complexity index is 1270. The molecule has 3 aromatic rings. The molecule has 1 aromatic carbocycles. The maximum absolute atomic E-state index is 14.0. The zero-order chi connectivity index (χ0) is 24.5. The Labute approximate surface area is 196 Å². The molecule has 0 amide bonds. The third-order valence-electron chi connectivity index (χ3n) is 5.49. The Morgan fingerprint density at radius 2 is 2.00 bits per heavy atom. The number of halogens is 1. The van der Waals surface area contributed by atoms with E-state index < -0.39 is 33.2 Å². The lowest BCUT2D eigenvalue weighted by molar-refractivity contribution is 0.0949. The number of methoxy groups -OCH3 is 2. The highest BCUT2D eigenvalue weighted by Gasteiger charge is 2.36. The van der Waals surface area contributed by atoms with E-state index in [4.69, 9.17) is 14.2 Å². The third-order valence-corrected chi connectivity index (χ3v) is 7.19. The van der Waals surface area contributed by atoms with Crippen molar-refractivity contribution in [1.82, 2.24) is 24.7 Å². The molecule has 3 heterocycles. The number of nitrogens with one attached hydrogen (secondary N) is 1. The largest absolute Gasteiger partial charge is 0.491 e. The molecule has 11 nitrogen and oxygen atoms in total. The van der Waals surface area contributed by atoms with E-state index in [9.17, 15) is 12.8 Å². The number of hydrogen-bond donors (Lipinski definition) is 1. The molecular weight excluding hydrogens is 467 g/mol. The normalized spacial score (nSPS) is 17.1. The second-order valence-corrected chi connectivity index (χ2v) is 9.94. The van der Waals surface area contributed by atoms with Crippen LogP contribution in [0.25, 0.3) is 11.4 Å². The van der Waals surface area contributed by atoms with Crippen LogP contribution >= 0.6 is 0 Å². The van der Waals surface area contributed by atoms with Gasteiger partial charge >= 0.3 is 0 Å². The first-order valence-electron chi connectivity index (χ1n) is 10.4. The van der Waals surface area contributed by atoms with Crippen molar-refractivity contribution in [3.63, 3.8) is 0 Å². The summed E-state index contributed by atoms with van der Waals surface area (Å²) in [6, 6.07) is 3.56. The summed E-state index contributed by atoms with van der Waals surface area (Å²) in [5.41, 5.74) is 1.19. The van der Waals surface area contributed by atoms with Crippen LogP contribution in [0.5, 0.6) is 5.75 Å². The van der Waals surface area contributed by atoms with Gasteiger partial charge < -0.3 is 14.2 Å². The molecule has 0 radical (unpaired) electrons. The summed E-state index contributed by atoms with van der Waals surface area (Å²) in [5, 5.41) is 7.11. The molecule has 1 N–H and O–H groups in total. The van der Waals surface area contributed by atoms with Crippen molar-refractivity contribution in [2.24, 2.45) is 0 Å². The van der Waals surface area contributed by atoms with E-state index in [1.165, 1.54) is 39.3 Å². The van der Waals surface area contributed by atoms with Crippen LogP contribution in [0.3, 0.4) is 0 Å². The van der Waals surface area contributed by atoms with Gasteiger partial charge in [-0.15, -0.1) is 10.2 Å². The molecule has 0 unspecified atom stereocenters. The Hall–Kier alpha value is -3.16. The molecule has 34 heavy (non-hydrogen) atoms. The number of aryl methyl sites for hydroxylation is 1. The summed E-state index contributed by atoms with van der Waals surface area (Å²) >= 11 is 0. The van der Waals surface area contributed by atoms with Crippen molar-refractivity contribution in [2.75, 3.05) is 32.2 Å². The van der Waals surface area contributed by atoms with Crippen molar-refractivity contribution in [3.8, 4) is 17.1 Å². The van der Waals surface area contributed by atoms with Crippen molar-refractivity contribution in [1.29, 1.82) is 0 Å². The lowest BCUT2D eigenvalue weighted by Gasteiger charge is -2.23. The molecule has 0 bridgehead atoms. The van der Waals surface area contributed by atoms with Crippen LogP contribution in [0.1, 0.15) is 30.5 Å². The van der Waals surface area contributed by atoms with E-state index in [2.05, 4.69) is 24.9 Å². The number of fused-ring (bicyclic) bond motifs is 3. The molecular formula is C21H25FN6O5S. The average Bonchev–Trinajstić information content (AvgIpc) is 3.14. The summed E-state index contributed by atoms with van der Waals surface area (Å²) in [5.74, 6) is 0.362. The van der Waals surface area contributed by atoms with Crippen LogP contribution in [0.2, 0.25) is 0 Å². The first kappa shape index (κ1) is 24.0. The van der Waals surface area contributed by atoms with Crippen molar-refractivity contribution >= 4 is 16.0 Å². The van der Waals surface area contributed by atoms with Gasteiger partial charge in [-0.1, -0.05) is 0 Å². The molecule has 0 spiro atoms. The molecule has 0 aliphatic carbocycles. The molecule has 0 saturated carbocycles. The minimum absolute atomic E-state index is 0.0516. The molecule has 1 aliphatic heterocycles. The van der Waals surface area contributed by atoms with Crippen LogP contribution in [0.15, 0.2) is 30.6 Å². The van der Waals surface area contributed by atoms with Gasteiger partial charge in [0.15, 0.2) is 11.6 Å². The topological polar surface area (TPSA) is 130 Å². The fourth-order valence-electron chi connectivity index (χ4n) is 3.71. The minimum atomic E-state index is -4.06. The number of nitrogens with zero attached hydrogens (tertiary/aromatic N) is 5. The van der Waals surface area contributed by atoms with E-state index in [0.29, 0.717) is 11.3 Å². The molecule has 0 saturated heterocycles.